The van der Waals surface area contributed by atoms with E-state index in [1.807, 2.05) is 0 Å². The fourth-order valence-electron chi connectivity index (χ4n) is 1.61. The summed E-state index contributed by atoms with van der Waals surface area (Å²) in [4.78, 5) is 15.3. The van der Waals surface area contributed by atoms with Crippen LogP contribution in [0.15, 0.2) is 42.6 Å². The number of aromatic nitrogens is 1. The van der Waals surface area contributed by atoms with Crippen LogP contribution in [-0.4, -0.2) is 18.1 Å². The van der Waals surface area contributed by atoms with Crippen molar-refractivity contribution in [1.82, 2.24) is 4.98 Å². The number of rotatable bonds is 3. The molecule has 2 aromatic rings. The van der Waals surface area contributed by atoms with E-state index in [-0.39, 0.29) is 5.82 Å². The fourth-order valence-corrected chi connectivity index (χ4v) is 1.61. The molecule has 1 aromatic carbocycles. The van der Waals surface area contributed by atoms with E-state index >= 15 is 0 Å². The Balaban J connectivity index is 1.99. The van der Waals surface area contributed by atoms with Crippen LogP contribution in [-0.2, 0) is 6.18 Å². The van der Waals surface area contributed by atoms with Gasteiger partial charge in [-0.25, -0.2) is 9.78 Å². The minimum atomic E-state index is -4.46. The number of urea groups is 1. The lowest BCUT2D eigenvalue weighted by Crippen LogP contribution is -2.20. The van der Waals surface area contributed by atoms with E-state index in [4.69, 9.17) is 4.74 Å². The molecule has 2 rings (SSSR count). The number of carbonyl (C=O) groups excluding carboxylic acids is 1. The summed E-state index contributed by atoms with van der Waals surface area (Å²) >= 11 is 0. The van der Waals surface area contributed by atoms with Gasteiger partial charge in [-0.15, -0.1) is 0 Å². The van der Waals surface area contributed by atoms with Crippen LogP contribution in [0.1, 0.15) is 5.56 Å². The highest BCUT2D eigenvalue weighted by Gasteiger charge is 2.30. The molecule has 8 heteroatoms. The number of amides is 2. The van der Waals surface area contributed by atoms with Crippen LogP contribution >= 0.6 is 0 Å². The molecule has 0 spiro atoms. The molecule has 0 aliphatic rings. The molecule has 1 aromatic heterocycles. The number of ether oxygens (including phenoxy) is 1. The van der Waals surface area contributed by atoms with Crippen molar-refractivity contribution in [2.45, 2.75) is 6.18 Å². The van der Waals surface area contributed by atoms with E-state index in [0.717, 1.165) is 12.1 Å². The van der Waals surface area contributed by atoms with Gasteiger partial charge in [0.1, 0.15) is 11.6 Å². The predicted octanol–water partition coefficient (Wildman–Crippen LogP) is 3.75. The molecule has 22 heavy (non-hydrogen) atoms. The van der Waals surface area contributed by atoms with Gasteiger partial charge in [0.25, 0.3) is 0 Å². The average molecular weight is 311 g/mol. The molecule has 0 aliphatic carbocycles. The van der Waals surface area contributed by atoms with Gasteiger partial charge in [-0.3, -0.25) is 5.32 Å². The number of anilines is 2. The lowest BCUT2D eigenvalue weighted by atomic mass is 10.3. The van der Waals surface area contributed by atoms with Gasteiger partial charge in [0.15, 0.2) is 0 Å². The molecule has 2 N–H and O–H groups in total. The van der Waals surface area contributed by atoms with Gasteiger partial charge in [0.2, 0.25) is 0 Å². The highest BCUT2D eigenvalue weighted by atomic mass is 19.4. The number of hydrogen-bond donors (Lipinski definition) is 2. The summed E-state index contributed by atoms with van der Waals surface area (Å²) in [5.74, 6) is 0.568. The van der Waals surface area contributed by atoms with Gasteiger partial charge in [0.05, 0.1) is 12.7 Å². The zero-order chi connectivity index (χ0) is 16.2. The van der Waals surface area contributed by atoms with Gasteiger partial charge in [-0.1, -0.05) is 6.07 Å². The van der Waals surface area contributed by atoms with Crippen LogP contribution in [0.3, 0.4) is 0 Å². The number of benzene rings is 1. The molecule has 5 nitrogen and oxygen atoms in total. The third-order valence-corrected chi connectivity index (χ3v) is 2.66. The van der Waals surface area contributed by atoms with Crippen molar-refractivity contribution in [2.75, 3.05) is 17.7 Å². The Morgan fingerprint density at radius 3 is 2.55 bits per heavy atom. The van der Waals surface area contributed by atoms with Gasteiger partial charge in [-0.2, -0.15) is 13.2 Å². The third-order valence-electron chi connectivity index (χ3n) is 2.66. The van der Waals surface area contributed by atoms with Crippen LogP contribution in [0, 0.1) is 0 Å². The first-order chi connectivity index (χ1) is 10.4. The largest absolute Gasteiger partial charge is 0.497 e. The molecule has 0 bridgehead atoms. The zero-order valence-corrected chi connectivity index (χ0v) is 11.4. The Bertz CT molecular complexity index is 657. The maximum atomic E-state index is 12.4. The lowest BCUT2D eigenvalue weighted by Gasteiger charge is -2.09. The van der Waals surface area contributed by atoms with E-state index < -0.39 is 17.8 Å². The van der Waals surface area contributed by atoms with Crippen LogP contribution in [0.4, 0.5) is 29.5 Å². The van der Waals surface area contributed by atoms with E-state index in [1.54, 1.807) is 24.3 Å². The number of hydrogen-bond acceptors (Lipinski definition) is 3. The summed E-state index contributed by atoms with van der Waals surface area (Å²) in [6, 6.07) is 7.93. The first kappa shape index (κ1) is 15.6. The summed E-state index contributed by atoms with van der Waals surface area (Å²) in [6.45, 7) is 0. The number of pyridine rings is 1. The maximum absolute atomic E-state index is 12.4. The van der Waals surface area contributed by atoms with Crippen LogP contribution in [0.25, 0.3) is 0 Å². The monoisotopic (exact) mass is 311 g/mol. The van der Waals surface area contributed by atoms with E-state index in [1.165, 1.54) is 7.11 Å². The van der Waals surface area contributed by atoms with Gasteiger partial charge in [0, 0.05) is 18.0 Å². The molecule has 0 fully saturated rings. The molecule has 0 atom stereocenters. The van der Waals surface area contributed by atoms with Crippen molar-refractivity contribution in [3.63, 3.8) is 0 Å². The summed E-state index contributed by atoms with van der Waals surface area (Å²) < 4.78 is 42.2. The second-order valence-electron chi connectivity index (χ2n) is 4.24. The fraction of sp³-hybridized carbons (Fsp3) is 0.143. The molecular formula is C14H12F3N3O2. The maximum Gasteiger partial charge on any atom is 0.417 e. The number of nitrogens with zero attached hydrogens (tertiary/aromatic N) is 1. The van der Waals surface area contributed by atoms with Crippen molar-refractivity contribution in [3.8, 4) is 5.75 Å². The van der Waals surface area contributed by atoms with Gasteiger partial charge >= 0.3 is 12.2 Å². The van der Waals surface area contributed by atoms with Crippen molar-refractivity contribution in [3.05, 3.63) is 48.2 Å². The minimum absolute atomic E-state index is 0.00777. The number of alkyl halides is 3. The molecule has 0 unspecified atom stereocenters. The minimum Gasteiger partial charge on any atom is -0.497 e. The quantitative estimate of drug-likeness (QED) is 0.907. The van der Waals surface area contributed by atoms with E-state index in [9.17, 15) is 18.0 Å². The second-order valence-corrected chi connectivity index (χ2v) is 4.24. The Morgan fingerprint density at radius 2 is 1.95 bits per heavy atom. The van der Waals surface area contributed by atoms with Crippen molar-refractivity contribution in [1.29, 1.82) is 0 Å². The average Bonchev–Trinajstić information content (AvgIpc) is 2.47. The zero-order valence-electron chi connectivity index (χ0n) is 11.4. The normalized spacial score (nSPS) is 10.9. The molecule has 0 saturated heterocycles. The SMILES string of the molecule is COc1cccc(NC(=O)Nc2ccc(C(F)(F)F)cn2)c1. The summed E-state index contributed by atoms with van der Waals surface area (Å²) in [6.07, 6.45) is -3.81. The summed E-state index contributed by atoms with van der Waals surface area (Å²) in [7, 11) is 1.49. The van der Waals surface area contributed by atoms with E-state index in [0.29, 0.717) is 17.6 Å². The Morgan fingerprint density at radius 1 is 1.18 bits per heavy atom. The van der Waals surface area contributed by atoms with E-state index in [2.05, 4.69) is 15.6 Å². The number of carbonyl (C=O) groups is 1. The molecule has 0 radical (unpaired) electrons. The molecule has 116 valence electrons. The van der Waals surface area contributed by atoms with Crippen LogP contribution in [0.5, 0.6) is 5.75 Å². The van der Waals surface area contributed by atoms with Crippen molar-refractivity contribution >= 4 is 17.5 Å². The summed E-state index contributed by atoms with van der Waals surface area (Å²) in [5, 5.41) is 4.85. The first-order valence-corrected chi connectivity index (χ1v) is 6.14. The van der Waals surface area contributed by atoms with Crippen molar-refractivity contribution < 1.29 is 22.7 Å². The molecule has 1 heterocycles. The molecule has 2 amide bonds. The summed E-state index contributed by atoms with van der Waals surface area (Å²) in [5.41, 5.74) is -0.407. The van der Waals surface area contributed by atoms with Gasteiger partial charge in [-0.05, 0) is 24.3 Å². The molecule has 0 aliphatic heterocycles. The Hall–Kier alpha value is -2.77. The smallest absolute Gasteiger partial charge is 0.417 e. The number of halogens is 3. The Kier molecular flexibility index (Phi) is 4.50. The standard InChI is InChI=1S/C14H12F3N3O2/c1-22-11-4-2-3-10(7-11)19-13(21)20-12-6-5-9(8-18-12)14(15,16)17/h2-8H,1H3,(H2,18,19,20,21). The van der Waals surface area contributed by atoms with Gasteiger partial charge < -0.3 is 10.1 Å². The second kappa shape index (κ2) is 6.33. The highest BCUT2D eigenvalue weighted by Crippen LogP contribution is 2.28. The van der Waals surface area contributed by atoms with Crippen molar-refractivity contribution in [2.24, 2.45) is 0 Å². The highest BCUT2D eigenvalue weighted by molar-refractivity contribution is 5.99. The lowest BCUT2D eigenvalue weighted by molar-refractivity contribution is -0.137. The topological polar surface area (TPSA) is 63.2 Å². The predicted molar refractivity (Wildman–Crippen MR) is 74.9 cm³/mol. The molecular weight excluding hydrogens is 299 g/mol. The van der Waals surface area contributed by atoms with Crippen LogP contribution < -0.4 is 15.4 Å². The first-order valence-electron chi connectivity index (χ1n) is 6.14. The number of nitrogens with one attached hydrogen (secondary N) is 2. The van der Waals surface area contributed by atoms with Crippen LogP contribution in [0.2, 0.25) is 0 Å². The Labute approximate surface area is 124 Å². The molecule has 0 saturated carbocycles. The third kappa shape index (κ3) is 4.11. The number of methoxy groups -OCH3 is 1.